The lowest BCUT2D eigenvalue weighted by molar-refractivity contribution is 1.10. The van der Waals surface area contributed by atoms with Gasteiger partial charge in [0.25, 0.3) is 0 Å². The highest BCUT2D eigenvalue weighted by Gasteiger charge is 2.21. The Hall–Kier alpha value is -1.56. The van der Waals surface area contributed by atoms with E-state index in [0.717, 1.165) is 5.82 Å². The highest BCUT2D eigenvalue weighted by molar-refractivity contribution is 5.40. The van der Waals surface area contributed by atoms with Gasteiger partial charge in [-0.3, -0.25) is 0 Å². The predicted molar refractivity (Wildman–Crippen MR) is 45.6 cm³/mol. The molecule has 0 aliphatic heterocycles. The summed E-state index contributed by atoms with van der Waals surface area (Å²) in [6, 6.07) is 8.04. The van der Waals surface area contributed by atoms with Crippen LogP contribution in [0, 0.1) is 11.3 Å². The zero-order chi connectivity index (χ0) is 8.39. The molecule has 1 saturated carbocycles. The Morgan fingerprint density at radius 1 is 1.50 bits per heavy atom. The van der Waals surface area contributed by atoms with Gasteiger partial charge in [0.05, 0.1) is 0 Å². The average molecular weight is 159 g/mol. The van der Waals surface area contributed by atoms with E-state index in [2.05, 4.69) is 10.3 Å². The highest BCUT2D eigenvalue weighted by Crippen LogP contribution is 2.23. The number of nitrogens with one attached hydrogen (secondary N) is 1. The normalized spacial score (nSPS) is 15.2. The Morgan fingerprint density at radius 3 is 3.00 bits per heavy atom. The van der Waals surface area contributed by atoms with Gasteiger partial charge in [-0.15, -0.1) is 0 Å². The fourth-order valence-corrected chi connectivity index (χ4v) is 1.01. The van der Waals surface area contributed by atoms with Crippen LogP contribution in [0.5, 0.6) is 0 Å². The Kier molecular flexibility index (Phi) is 1.67. The summed E-state index contributed by atoms with van der Waals surface area (Å²) in [4.78, 5) is 4.10. The van der Waals surface area contributed by atoms with E-state index in [1.165, 1.54) is 12.8 Å². The summed E-state index contributed by atoms with van der Waals surface area (Å²) in [7, 11) is 0. The van der Waals surface area contributed by atoms with E-state index in [4.69, 9.17) is 5.26 Å². The van der Waals surface area contributed by atoms with Crippen molar-refractivity contribution >= 4 is 5.82 Å². The lowest BCUT2D eigenvalue weighted by atomic mass is 10.3. The number of hydrogen-bond donors (Lipinski definition) is 1. The summed E-state index contributed by atoms with van der Waals surface area (Å²) in [5.41, 5.74) is 0.473. The van der Waals surface area contributed by atoms with E-state index < -0.39 is 0 Å². The van der Waals surface area contributed by atoms with Gasteiger partial charge in [-0.2, -0.15) is 5.26 Å². The first-order valence-electron chi connectivity index (χ1n) is 4.02. The van der Waals surface area contributed by atoms with Gasteiger partial charge in [-0.25, -0.2) is 4.98 Å². The molecule has 2 rings (SSSR count). The maximum Gasteiger partial charge on any atom is 0.142 e. The summed E-state index contributed by atoms with van der Waals surface area (Å²) >= 11 is 0. The second kappa shape index (κ2) is 2.82. The number of nitrogens with zero attached hydrogens (tertiary/aromatic N) is 2. The molecule has 1 aromatic rings. The first-order valence-corrected chi connectivity index (χ1v) is 4.02. The van der Waals surface area contributed by atoms with E-state index in [-0.39, 0.29) is 0 Å². The molecule has 12 heavy (non-hydrogen) atoms. The van der Waals surface area contributed by atoms with Crippen molar-refractivity contribution in [2.75, 3.05) is 5.32 Å². The van der Waals surface area contributed by atoms with Crippen LogP contribution in [0.4, 0.5) is 5.82 Å². The van der Waals surface area contributed by atoms with E-state index in [1.807, 2.05) is 18.2 Å². The molecule has 1 aliphatic rings. The standard InChI is InChI=1S/C9H9N3/c10-6-8-2-1-3-9(12-8)11-7-4-5-7/h1-3,7H,4-5H2,(H,11,12). The lowest BCUT2D eigenvalue weighted by Crippen LogP contribution is -2.03. The minimum atomic E-state index is 0.473. The van der Waals surface area contributed by atoms with Crippen LogP contribution in [0.3, 0.4) is 0 Å². The van der Waals surface area contributed by atoms with Crippen LogP contribution in [0.2, 0.25) is 0 Å². The fraction of sp³-hybridized carbons (Fsp3) is 0.333. The van der Waals surface area contributed by atoms with E-state index >= 15 is 0 Å². The number of hydrogen-bond acceptors (Lipinski definition) is 3. The third-order valence-electron chi connectivity index (χ3n) is 1.79. The van der Waals surface area contributed by atoms with Gasteiger partial charge < -0.3 is 5.32 Å². The van der Waals surface area contributed by atoms with Gasteiger partial charge in [-0.1, -0.05) is 6.07 Å². The summed E-state index contributed by atoms with van der Waals surface area (Å²) in [5, 5.41) is 11.8. The molecular formula is C9H9N3. The van der Waals surface area contributed by atoms with Crippen LogP contribution in [-0.4, -0.2) is 11.0 Å². The maximum atomic E-state index is 8.57. The summed E-state index contributed by atoms with van der Waals surface area (Å²) in [6.07, 6.45) is 2.44. The van der Waals surface area contributed by atoms with Crippen molar-refractivity contribution < 1.29 is 0 Å². The van der Waals surface area contributed by atoms with Gasteiger partial charge in [0.15, 0.2) is 0 Å². The van der Waals surface area contributed by atoms with E-state index in [0.29, 0.717) is 11.7 Å². The van der Waals surface area contributed by atoms with Crippen LogP contribution in [0.1, 0.15) is 18.5 Å². The molecule has 0 unspecified atom stereocenters. The maximum absolute atomic E-state index is 8.57. The Morgan fingerprint density at radius 2 is 2.33 bits per heavy atom. The second-order valence-corrected chi connectivity index (χ2v) is 2.94. The Balaban J connectivity index is 2.15. The zero-order valence-electron chi connectivity index (χ0n) is 6.62. The molecule has 60 valence electrons. The third kappa shape index (κ3) is 1.54. The van der Waals surface area contributed by atoms with E-state index in [1.54, 1.807) is 6.07 Å². The number of pyridine rings is 1. The molecule has 1 aromatic heterocycles. The lowest BCUT2D eigenvalue weighted by Gasteiger charge is -2.01. The highest BCUT2D eigenvalue weighted by atomic mass is 15.0. The van der Waals surface area contributed by atoms with Crippen molar-refractivity contribution in [1.82, 2.24) is 4.98 Å². The number of nitriles is 1. The average Bonchev–Trinajstić information content (AvgIpc) is 2.89. The van der Waals surface area contributed by atoms with Gasteiger partial charge >= 0.3 is 0 Å². The second-order valence-electron chi connectivity index (χ2n) is 2.94. The molecule has 0 saturated heterocycles. The monoisotopic (exact) mass is 159 g/mol. The van der Waals surface area contributed by atoms with Crippen molar-refractivity contribution in [3.63, 3.8) is 0 Å². The quantitative estimate of drug-likeness (QED) is 0.711. The minimum Gasteiger partial charge on any atom is -0.367 e. The van der Waals surface area contributed by atoms with Gasteiger partial charge in [-0.05, 0) is 25.0 Å². The molecule has 0 atom stereocenters. The zero-order valence-corrected chi connectivity index (χ0v) is 6.62. The SMILES string of the molecule is N#Cc1cccc(NC2CC2)n1. The topological polar surface area (TPSA) is 48.7 Å². The molecule has 0 amide bonds. The Bertz CT molecular complexity index is 323. The first kappa shape index (κ1) is 7.11. The van der Waals surface area contributed by atoms with E-state index in [9.17, 15) is 0 Å². The number of aromatic nitrogens is 1. The first-order chi connectivity index (χ1) is 5.88. The van der Waals surface area contributed by atoms with Crippen molar-refractivity contribution in [3.05, 3.63) is 23.9 Å². The predicted octanol–water partition coefficient (Wildman–Crippen LogP) is 1.53. The molecule has 0 radical (unpaired) electrons. The van der Waals surface area contributed by atoms with Gasteiger partial charge in [0, 0.05) is 6.04 Å². The van der Waals surface area contributed by atoms with Crippen LogP contribution >= 0.6 is 0 Å². The molecule has 0 bridgehead atoms. The van der Waals surface area contributed by atoms with Crippen molar-refractivity contribution in [1.29, 1.82) is 5.26 Å². The minimum absolute atomic E-state index is 0.473. The van der Waals surface area contributed by atoms with Crippen LogP contribution in [0.15, 0.2) is 18.2 Å². The smallest absolute Gasteiger partial charge is 0.142 e. The molecule has 3 heteroatoms. The third-order valence-corrected chi connectivity index (χ3v) is 1.79. The molecule has 1 fully saturated rings. The molecule has 0 aromatic carbocycles. The fourth-order valence-electron chi connectivity index (χ4n) is 1.01. The molecule has 0 spiro atoms. The molecule has 1 heterocycles. The van der Waals surface area contributed by atoms with Crippen LogP contribution < -0.4 is 5.32 Å². The van der Waals surface area contributed by atoms with Crippen molar-refractivity contribution in [3.8, 4) is 6.07 Å². The van der Waals surface area contributed by atoms with Crippen LogP contribution in [-0.2, 0) is 0 Å². The summed E-state index contributed by atoms with van der Waals surface area (Å²) in [5.74, 6) is 0.816. The Labute approximate surface area is 71.0 Å². The summed E-state index contributed by atoms with van der Waals surface area (Å²) < 4.78 is 0. The van der Waals surface area contributed by atoms with Gasteiger partial charge in [0.1, 0.15) is 17.6 Å². The summed E-state index contributed by atoms with van der Waals surface area (Å²) in [6.45, 7) is 0. The number of anilines is 1. The molecule has 3 nitrogen and oxygen atoms in total. The van der Waals surface area contributed by atoms with Crippen molar-refractivity contribution in [2.24, 2.45) is 0 Å². The number of rotatable bonds is 2. The van der Waals surface area contributed by atoms with Crippen molar-refractivity contribution in [2.45, 2.75) is 18.9 Å². The molecular weight excluding hydrogens is 150 g/mol. The molecule has 1 N–H and O–H groups in total. The largest absolute Gasteiger partial charge is 0.367 e. The van der Waals surface area contributed by atoms with Crippen LogP contribution in [0.25, 0.3) is 0 Å². The molecule has 1 aliphatic carbocycles. The van der Waals surface area contributed by atoms with Gasteiger partial charge in [0.2, 0.25) is 0 Å².